The van der Waals surface area contributed by atoms with Crippen LogP contribution in [0.5, 0.6) is 0 Å². The zero-order valence-corrected chi connectivity index (χ0v) is 8.61. The van der Waals surface area contributed by atoms with Gasteiger partial charge >= 0.3 is 0 Å². The van der Waals surface area contributed by atoms with Crippen molar-refractivity contribution in [2.75, 3.05) is 0 Å². The highest BCUT2D eigenvalue weighted by molar-refractivity contribution is 14.1. The van der Waals surface area contributed by atoms with E-state index in [4.69, 9.17) is 6.42 Å². The fraction of sp³-hybridized carbons (Fsp3) is 0.125. The lowest BCUT2D eigenvalue weighted by atomic mass is 10.2. The van der Waals surface area contributed by atoms with Crippen LogP contribution in [0.3, 0.4) is 0 Å². The molecule has 1 nitrogen and oxygen atoms in total. The number of halogens is 1. The monoisotopic (exact) mass is 276 g/mol. The summed E-state index contributed by atoms with van der Waals surface area (Å²) < 4.78 is 1.11. The molecule has 0 saturated heterocycles. The SMILES string of the molecule is C#CCC(=O)c1csc(I)c1. The van der Waals surface area contributed by atoms with Crippen molar-refractivity contribution in [2.45, 2.75) is 6.42 Å². The van der Waals surface area contributed by atoms with Gasteiger partial charge in [0.25, 0.3) is 0 Å². The van der Waals surface area contributed by atoms with E-state index in [0.29, 0.717) is 0 Å². The molecule has 1 rings (SSSR count). The van der Waals surface area contributed by atoms with Crippen molar-refractivity contribution in [1.82, 2.24) is 0 Å². The maximum Gasteiger partial charge on any atom is 0.175 e. The van der Waals surface area contributed by atoms with Crippen LogP contribution in [0, 0.1) is 15.2 Å². The van der Waals surface area contributed by atoms with Crippen LogP contribution >= 0.6 is 33.9 Å². The summed E-state index contributed by atoms with van der Waals surface area (Å²) in [6, 6.07) is 1.85. The average Bonchev–Trinajstić information content (AvgIpc) is 2.36. The van der Waals surface area contributed by atoms with E-state index >= 15 is 0 Å². The first-order valence-electron chi connectivity index (χ1n) is 2.94. The number of Topliss-reactive ketones (excluding diaryl/α,β-unsaturated/α-hetero) is 1. The van der Waals surface area contributed by atoms with Gasteiger partial charge in [-0.25, -0.2) is 0 Å². The molecule has 0 spiro atoms. The largest absolute Gasteiger partial charge is 0.293 e. The molecule has 0 saturated carbocycles. The maximum atomic E-state index is 11.1. The molecule has 0 aliphatic rings. The first kappa shape index (κ1) is 8.75. The third-order valence-electron chi connectivity index (χ3n) is 1.15. The Morgan fingerprint density at radius 3 is 3.00 bits per heavy atom. The van der Waals surface area contributed by atoms with Crippen molar-refractivity contribution >= 4 is 39.7 Å². The summed E-state index contributed by atoms with van der Waals surface area (Å²) in [6.07, 6.45) is 5.21. The predicted molar refractivity (Wildman–Crippen MR) is 54.8 cm³/mol. The van der Waals surface area contributed by atoms with Gasteiger partial charge in [0, 0.05) is 10.9 Å². The molecular weight excluding hydrogens is 271 g/mol. The first-order chi connectivity index (χ1) is 5.24. The van der Waals surface area contributed by atoms with E-state index < -0.39 is 0 Å². The van der Waals surface area contributed by atoms with Crippen molar-refractivity contribution in [1.29, 1.82) is 0 Å². The van der Waals surface area contributed by atoms with Gasteiger partial charge in [-0.3, -0.25) is 4.79 Å². The quantitative estimate of drug-likeness (QED) is 0.461. The molecule has 56 valence electrons. The van der Waals surface area contributed by atoms with Gasteiger partial charge in [0.15, 0.2) is 5.78 Å². The van der Waals surface area contributed by atoms with Gasteiger partial charge in [0.1, 0.15) is 0 Å². The Labute approximate surface area is 83.0 Å². The number of ketones is 1. The summed E-state index contributed by atoms with van der Waals surface area (Å²) in [5.41, 5.74) is 0.734. The maximum absolute atomic E-state index is 11.1. The van der Waals surface area contributed by atoms with Crippen LogP contribution in [0.4, 0.5) is 0 Å². The van der Waals surface area contributed by atoms with Crippen molar-refractivity contribution in [3.8, 4) is 12.3 Å². The molecule has 3 heteroatoms. The van der Waals surface area contributed by atoms with Gasteiger partial charge < -0.3 is 0 Å². The number of rotatable bonds is 2. The van der Waals surface area contributed by atoms with E-state index in [1.54, 1.807) is 11.3 Å². The molecule has 0 aliphatic heterocycles. The minimum atomic E-state index is 0.0340. The lowest BCUT2D eigenvalue weighted by Gasteiger charge is -1.87. The number of hydrogen-bond acceptors (Lipinski definition) is 2. The lowest BCUT2D eigenvalue weighted by Crippen LogP contribution is -1.93. The third kappa shape index (κ3) is 2.31. The van der Waals surface area contributed by atoms with E-state index in [1.165, 1.54) is 0 Å². The van der Waals surface area contributed by atoms with Crippen LogP contribution in [0.15, 0.2) is 11.4 Å². The number of carbonyl (C=O) groups excluding carboxylic acids is 1. The second-order valence-corrected chi connectivity index (χ2v) is 4.75. The molecule has 0 atom stereocenters. The molecule has 0 amide bonds. The Balaban J connectivity index is 2.78. The standard InChI is InChI=1S/C8H5IOS/c1-2-3-7(10)6-4-8(9)11-5-6/h1,4-5H,3H2. The second kappa shape index (κ2) is 3.88. The Hall–Kier alpha value is -0.340. The molecule has 0 fully saturated rings. The predicted octanol–water partition coefficient (Wildman–Crippen LogP) is 2.56. The van der Waals surface area contributed by atoms with E-state index in [9.17, 15) is 4.79 Å². The highest BCUT2D eigenvalue weighted by Gasteiger charge is 2.05. The summed E-state index contributed by atoms with van der Waals surface area (Å²) in [4.78, 5) is 11.1. The number of hydrogen-bond donors (Lipinski definition) is 0. The van der Waals surface area contributed by atoms with Gasteiger partial charge in [-0.1, -0.05) is 5.92 Å². The van der Waals surface area contributed by atoms with Gasteiger partial charge in [-0.15, -0.1) is 17.8 Å². The van der Waals surface area contributed by atoms with Crippen LogP contribution in [-0.2, 0) is 0 Å². The summed E-state index contributed by atoms with van der Waals surface area (Å²) >= 11 is 3.73. The molecule has 0 bridgehead atoms. The summed E-state index contributed by atoms with van der Waals surface area (Å²) in [5.74, 6) is 2.36. The number of terminal acetylenes is 1. The van der Waals surface area contributed by atoms with Crippen molar-refractivity contribution in [3.63, 3.8) is 0 Å². The summed E-state index contributed by atoms with van der Waals surface area (Å²) in [6.45, 7) is 0. The Kier molecular flexibility index (Phi) is 3.09. The van der Waals surface area contributed by atoms with Gasteiger partial charge in [-0.05, 0) is 28.7 Å². The van der Waals surface area contributed by atoms with Crippen LogP contribution in [-0.4, -0.2) is 5.78 Å². The highest BCUT2D eigenvalue weighted by atomic mass is 127. The van der Waals surface area contributed by atoms with E-state index in [2.05, 4.69) is 28.5 Å². The van der Waals surface area contributed by atoms with Gasteiger partial charge in [0.2, 0.25) is 0 Å². The Bertz CT molecular complexity index is 308. The fourth-order valence-corrected chi connectivity index (χ4v) is 2.00. The second-order valence-electron chi connectivity index (χ2n) is 1.94. The lowest BCUT2D eigenvalue weighted by molar-refractivity contribution is 0.0998. The number of carbonyl (C=O) groups is 1. The molecule has 0 radical (unpaired) electrons. The minimum Gasteiger partial charge on any atom is -0.293 e. The molecule has 0 aliphatic carbocycles. The Morgan fingerprint density at radius 2 is 2.55 bits per heavy atom. The van der Waals surface area contributed by atoms with E-state index in [1.807, 2.05) is 11.4 Å². The van der Waals surface area contributed by atoms with Crippen LogP contribution in [0.25, 0.3) is 0 Å². The zero-order chi connectivity index (χ0) is 8.27. The zero-order valence-electron chi connectivity index (χ0n) is 5.63. The molecule has 0 unspecified atom stereocenters. The molecule has 11 heavy (non-hydrogen) atoms. The highest BCUT2D eigenvalue weighted by Crippen LogP contribution is 2.17. The van der Waals surface area contributed by atoms with Crippen molar-refractivity contribution in [3.05, 3.63) is 19.9 Å². The minimum absolute atomic E-state index is 0.0340. The fourth-order valence-electron chi connectivity index (χ4n) is 0.651. The normalized spacial score (nSPS) is 9.09. The molecule has 0 aromatic carbocycles. The van der Waals surface area contributed by atoms with Crippen LogP contribution < -0.4 is 0 Å². The van der Waals surface area contributed by atoms with E-state index in [0.717, 1.165) is 8.45 Å². The number of thiophene rings is 1. The molecular formula is C8H5IOS. The third-order valence-corrected chi connectivity index (χ3v) is 2.94. The smallest absolute Gasteiger partial charge is 0.175 e. The van der Waals surface area contributed by atoms with Crippen LogP contribution in [0.2, 0.25) is 0 Å². The summed E-state index contributed by atoms with van der Waals surface area (Å²) in [7, 11) is 0. The Morgan fingerprint density at radius 1 is 1.82 bits per heavy atom. The first-order valence-corrected chi connectivity index (χ1v) is 4.90. The van der Waals surface area contributed by atoms with Crippen molar-refractivity contribution in [2.24, 2.45) is 0 Å². The summed E-state index contributed by atoms with van der Waals surface area (Å²) in [5, 5.41) is 1.83. The topological polar surface area (TPSA) is 17.1 Å². The van der Waals surface area contributed by atoms with Gasteiger partial charge in [-0.2, -0.15) is 0 Å². The van der Waals surface area contributed by atoms with Gasteiger partial charge in [0.05, 0.1) is 9.30 Å². The molecule has 0 N–H and O–H groups in total. The molecule has 1 heterocycles. The molecule has 1 aromatic heterocycles. The van der Waals surface area contributed by atoms with E-state index in [-0.39, 0.29) is 12.2 Å². The van der Waals surface area contributed by atoms with Crippen LogP contribution in [0.1, 0.15) is 16.8 Å². The average molecular weight is 276 g/mol. The van der Waals surface area contributed by atoms with Crippen molar-refractivity contribution < 1.29 is 4.79 Å². The molecule has 1 aromatic rings.